The Morgan fingerprint density at radius 2 is 1.92 bits per heavy atom. The molecule has 1 aromatic carbocycles. The lowest BCUT2D eigenvalue weighted by molar-refractivity contribution is 0.198. The van der Waals surface area contributed by atoms with Gasteiger partial charge in [0.25, 0.3) is 0 Å². The quantitative estimate of drug-likeness (QED) is 0.650. The van der Waals surface area contributed by atoms with Crippen molar-refractivity contribution in [3.63, 3.8) is 0 Å². The number of rotatable bonds is 5. The first kappa shape index (κ1) is 17.8. The monoisotopic (exact) mass is 354 g/mol. The highest BCUT2D eigenvalue weighted by Crippen LogP contribution is 2.40. The molecule has 1 N–H and O–H groups in total. The molecule has 0 spiro atoms. The zero-order chi connectivity index (χ0) is 17.8. The van der Waals surface area contributed by atoms with Gasteiger partial charge in [0.2, 0.25) is 0 Å². The van der Waals surface area contributed by atoms with Gasteiger partial charge >= 0.3 is 0 Å². The van der Waals surface area contributed by atoms with Crippen LogP contribution < -0.4 is 5.32 Å². The predicted octanol–water partition coefficient (Wildman–Crippen LogP) is 3.32. The maximum absolute atomic E-state index is 4.81. The first-order chi connectivity index (χ1) is 12.8. The van der Waals surface area contributed by atoms with Crippen LogP contribution in [0.1, 0.15) is 50.5 Å². The molecular formula is C22H34N4. The molecule has 0 radical (unpaired) electrons. The summed E-state index contributed by atoms with van der Waals surface area (Å²) < 4.78 is 0. The van der Waals surface area contributed by atoms with E-state index in [2.05, 4.69) is 52.4 Å². The van der Waals surface area contributed by atoms with Crippen molar-refractivity contribution < 1.29 is 0 Å². The number of aliphatic imine (C=N–C) groups is 1. The molecule has 4 nitrogen and oxygen atoms in total. The number of likely N-dealkylation sites (tertiary alicyclic amines) is 2. The zero-order valence-corrected chi connectivity index (χ0v) is 16.2. The van der Waals surface area contributed by atoms with Crippen LogP contribution in [0.15, 0.2) is 35.3 Å². The Balaban J connectivity index is 1.29. The highest BCUT2D eigenvalue weighted by atomic mass is 15.3. The SMILES string of the molecule is CCN=C(NC1CC1c1ccccc1)N1CCC(CN2CCCCC2)C1. The van der Waals surface area contributed by atoms with Crippen LogP contribution in [0, 0.1) is 5.92 Å². The van der Waals surface area contributed by atoms with E-state index >= 15 is 0 Å². The van der Waals surface area contributed by atoms with Gasteiger partial charge in [0.1, 0.15) is 0 Å². The lowest BCUT2D eigenvalue weighted by Crippen LogP contribution is -2.42. The summed E-state index contributed by atoms with van der Waals surface area (Å²) in [6.07, 6.45) is 6.76. The summed E-state index contributed by atoms with van der Waals surface area (Å²) in [5.41, 5.74) is 1.46. The minimum absolute atomic E-state index is 0.559. The molecule has 2 heterocycles. The van der Waals surface area contributed by atoms with E-state index in [0.29, 0.717) is 12.0 Å². The Morgan fingerprint density at radius 3 is 2.69 bits per heavy atom. The van der Waals surface area contributed by atoms with E-state index in [1.807, 2.05) is 0 Å². The number of guanidine groups is 1. The van der Waals surface area contributed by atoms with Crippen LogP contribution in [0.2, 0.25) is 0 Å². The molecule has 142 valence electrons. The van der Waals surface area contributed by atoms with E-state index in [4.69, 9.17) is 4.99 Å². The van der Waals surface area contributed by atoms with Crippen molar-refractivity contribution in [2.75, 3.05) is 39.3 Å². The number of piperidine rings is 1. The zero-order valence-electron chi connectivity index (χ0n) is 16.2. The van der Waals surface area contributed by atoms with E-state index in [0.717, 1.165) is 25.0 Å². The van der Waals surface area contributed by atoms with Crippen molar-refractivity contribution in [1.29, 1.82) is 0 Å². The Kier molecular flexibility index (Phi) is 5.78. The molecule has 1 saturated carbocycles. The molecule has 3 aliphatic rings. The summed E-state index contributed by atoms with van der Waals surface area (Å²) >= 11 is 0. The largest absolute Gasteiger partial charge is 0.353 e. The number of hydrogen-bond acceptors (Lipinski definition) is 2. The summed E-state index contributed by atoms with van der Waals surface area (Å²) in [5.74, 6) is 2.61. The third-order valence-corrected chi connectivity index (χ3v) is 6.19. The van der Waals surface area contributed by atoms with Crippen LogP contribution in [0.5, 0.6) is 0 Å². The average molecular weight is 355 g/mol. The van der Waals surface area contributed by atoms with Crippen molar-refractivity contribution in [1.82, 2.24) is 15.1 Å². The molecule has 1 aliphatic carbocycles. The van der Waals surface area contributed by atoms with Crippen molar-refractivity contribution in [2.45, 2.75) is 51.0 Å². The van der Waals surface area contributed by atoms with Gasteiger partial charge < -0.3 is 15.1 Å². The molecule has 4 rings (SSSR count). The molecule has 3 unspecified atom stereocenters. The van der Waals surface area contributed by atoms with Crippen LogP contribution in [-0.4, -0.2) is 61.1 Å². The van der Waals surface area contributed by atoms with Gasteiger partial charge in [0, 0.05) is 38.1 Å². The minimum Gasteiger partial charge on any atom is -0.353 e. The summed E-state index contributed by atoms with van der Waals surface area (Å²) in [5, 5.41) is 3.77. The lowest BCUT2D eigenvalue weighted by Gasteiger charge is -2.29. The maximum Gasteiger partial charge on any atom is 0.194 e. The van der Waals surface area contributed by atoms with Gasteiger partial charge in [-0.1, -0.05) is 36.8 Å². The Morgan fingerprint density at radius 1 is 1.12 bits per heavy atom. The average Bonchev–Trinajstić information content (AvgIpc) is 3.30. The molecule has 2 saturated heterocycles. The molecule has 26 heavy (non-hydrogen) atoms. The van der Waals surface area contributed by atoms with Crippen LogP contribution in [0.4, 0.5) is 0 Å². The third kappa shape index (κ3) is 4.40. The second-order valence-corrected chi connectivity index (χ2v) is 8.26. The molecule has 0 aromatic heterocycles. The lowest BCUT2D eigenvalue weighted by atomic mass is 10.1. The highest BCUT2D eigenvalue weighted by molar-refractivity contribution is 5.81. The van der Waals surface area contributed by atoms with Gasteiger partial charge in [-0.05, 0) is 57.2 Å². The first-order valence-electron chi connectivity index (χ1n) is 10.7. The first-order valence-corrected chi connectivity index (χ1v) is 10.7. The minimum atomic E-state index is 0.559. The van der Waals surface area contributed by atoms with E-state index in [1.54, 1.807) is 0 Å². The van der Waals surface area contributed by atoms with Crippen molar-refractivity contribution in [2.24, 2.45) is 10.9 Å². The van der Waals surface area contributed by atoms with Crippen molar-refractivity contribution in [3.05, 3.63) is 35.9 Å². The fourth-order valence-electron chi connectivity index (χ4n) is 4.66. The van der Waals surface area contributed by atoms with Crippen molar-refractivity contribution >= 4 is 5.96 Å². The van der Waals surface area contributed by atoms with E-state index < -0.39 is 0 Å². The van der Waals surface area contributed by atoms with Crippen LogP contribution in [-0.2, 0) is 0 Å². The number of nitrogens with one attached hydrogen (secondary N) is 1. The van der Waals surface area contributed by atoms with Gasteiger partial charge in [-0.25, -0.2) is 0 Å². The van der Waals surface area contributed by atoms with E-state index in [1.165, 1.54) is 63.8 Å². The topological polar surface area (TPSA) is 30.9 Å². The summed E-state index contributed by atoms with van der Waals surface area (Å²) in [6.45, 7) is 9.24. The summed E-state index contributed by atoms with van der Waals surface area (Å²) in [6, 6.07) is 11.5. The smallest absolute Gasteiger partial charge is 0.194 e. The second kappa shape index (κ2) is 8.43. The third-order valence-electron chi connectivity index (χ3n) is 6.19. The predicted molar refractivity (Wildman–Crippen MR) is 109 cm³/mol. The van der Waals surface area contributed by atoms with Crippen LogP contribution in [0.25, 0.3) is 0 Å². The maximum atomic E-state index is 4.81. The molecule has 1 aromatic rings. The molecule has 2 aliphatic heterocycles. The van der Waals surface area contributed by atoms with Gasteiger partial charge in [-0.2, -0.15) is 0 Å². The standard InChI is InChI=1S/C22H34N4/c1-2-23-22(24-21-15-20(21)19-9-5-3-6-10-19)26-14-11-18(17-26)16-25-12-7-4-8-13-25/h3,5-6,9-10,18,20-21H,2,4,7-8,11-17H2,1H3,(H,23,24). The fourth-order valence-corrected chi connectivity index (χ4v) is 4.66. The van der Waals surface area contributed by atoms with Gasteiger partial charge in [-0.3, -0.25) is 4.99 Å². The molecule has 3 fully saturated rings. The summed E-state index contributed by atoms with van der Waals surface area (Å²) in [4.78, 5) is 10.0. The molecule has 3 atom stereocenters. The molecule has 4 heteroatoms. The Bertz CT molecular complexity index is 593. The second-order valence-electron chi connectivity index (χ2n) is 8.26. The Hall–Kier alpha value is -1.55. The summed E-state index contributed by atoms with van der Waals surface area (Å²) in [7, 11) is 0. The van der Waals surface area contributed by atoms with Crippen LogP contribution in [0.3, 0.4) is 0 Å². The molecule has 0 bridgehead atoms. The van der Waals surface area contributed by atoms with Crippen LogP contribution >= 0.6 is 0 Å². The highest BCUT2D eigenvalue weighted by Gasteiger charge is 2.40. The van der Waals surface area contributed by atoms with E-state index in [-0.39, 0.29) is 0 Å². The normalized spacial score (nSPS) is 29.8. The Labute approximate surface area is 158 Å². The number of benzene rings is 1. The number of hydrogen-bond donors (Lipinski definition) is 1. The number of nitrogens with zero attached hydrogens (tertiary/aromatic N) is 3. The van der Waals surface area contributed by atoms with Crippen molar-refractivity contribution in [3.8, 4) is 0 Å². The van der Waals surface area contributed by atoms with E-state index in [9.17, 15) is 0 Å². The van der Waals surface area contributed by atoms with Gasteiger partial charge in [0.05, 0.1) is 0 Å². The van der Waals surface area contributed by atoms with Gasteiger partial charge in [0.15, 0.2) is 5.96 Å². The fraction of sp³-hybridized carbons (Fsp3) is 0.682. The molecular weight excluding hydrogens is 320 g/mol. The molecule has 0 amide bonds. The van der Waals surface area contributed by atoms with Gasteiger partial charge in [-0.15, -0.1) is 0 Å².